The molecule has 0 radical (unpaired) electrons. The molecule has 0 heterocycles. The molecule has 1 fully saturated rings. The molecule has 22 heavy (non-hydrogen) atoms. The first-order chi connectivity index (χ1) is 10.3. The highest BCUT2D eigenvalue weighted by atomic mass is 16.4. The van der Waals surface area contributed by atoms with Crippen LogP contribution in [-0.2, 0) is 9.59 Å². The van der Waals surface area contributed by atoms with Crippen LogP contribution in [0, 0.1) is 5.92 Å². The molecule has 126 valence electrons. The van der Waals surface area contributed by atoms with E-state index in [4.69, 9.17) is 5.11 Å². The fourth-order valence-corrected chi connectivity index (χ4v) is 2.65. The van der Waals surface area contributed by atoms with Gasteiger partial charge in [-0.25, -0.2) is 4.79 Å². The summed E-state index contributed by atoms with van der Waals surface area (Å²) in [4.78, 5) is 37.7. The van der Waals surface area contributed by atoms with Gasteiger partial charge in [0.25, 0.3) is 0 Å². The summed E-state index contributed by atoms with van der Waals surface area (Å²) >= 11 is 0. The van der Waals surface area contributed by atoms with Crippen LogP contribution in [0.4, 0.5) is 4.79 Å². The van der Waals surface area contributed by atoms with Crippen molar-refractivity contribution in [2.75, 3.05) is 27.2 Å². The van der Waals surface area contributed by atoms with Crippen LogP contribution in [0.1, 0.15) is 39.0 Å². The molecule has 1 saturated carbocycles. The molecule has 0 bridgehead atoms. The van der Waals surface area contributed by atoms with Crippen LogP contribution in [0.3, 0.4) is 0 Å². The number of carbonyl (C=O) groups excluding carboxylic acids is 2. The molecular formula is C15H27N3O4. The summed E-state index contributed by atoms with van der Waals surface area (Å²) < 4.78 is 0. The predicted octanol–water partition coefficient (Wildman–Crippen LogP) is 1.14. The Balaban J connectivity index is 2.35. The lowest BCUT2D eigenvalue weighted by molar-refractivity contribution is -0.141. The molecule has 1 atom stereocenters. The average molecular weight is 313 g/mol. The Morgan fingerprint density at radius 1 is 1.18 bits per heavy atom. The smallest absolute Gasteiger partial charge is 0.317 e. The van der Waals surface area contributed by atoms with Crippen LogP contribution in [0.25, 0.3) is 0 Å². The molecular weight excluding hydrogens is 286 g/mol. The SMILES string of the molecule is CC(CN(C)C(=O)NCC(=O)N(C)C1CCCCC1)C(=O)O. The van der Waals surface area contributed by atoms with Crippen molar-refractivity contribution in [2.24, 2.45) is 5.92 Å². The van der Waals surface area contributed by atoms with Gasteiger partial charge in [0.1, 0.15) is 0 Å². The normalized spacial score (nSPS) is 16.7. The van der Waals surface area contributed by atoms with Gasteiger partial charge in [-0.1, -0.05) is 26.2 Å². The largest absolute Gasteiger partial charge is 0.481 e. The Bertz CT molecular complexity index is 408. The second-order valence-electron chi connectivity index (χ2n) is 6.07. The van der Waals surface area contributed by atoms with Crippen LogP contribution < -0.4 is 5.32 Å². The van der Waals surface area contributed by atoms with Gasteiger partial charge in [-0.15, -0.1) is 0 Å². The lowest BCUT2D eigenvalue weighted by atomic mass is 9.94. The summed E-state index contributed by atoms with van der Waals surface area (Å²) in [6.45, 7) is 1.58. The van der Waals surface area contributed by atoms with E-state index in [2.05, 4.69) is 5.32 Å². The van der Waals surface area contributed by atoms with Gasteiger partial charge in [0.15, 0.2) is 0 Å². The number of hydrogen-bond acceptors (Lipinski definition) is 3. The molecule has 7 heteroatoms. The van der Waals surface area contributed by atoms with Crippen LogP contribution in [0.15, 0.2) is 0 Å². The average Bonchev–Trinajstić information content (AvgIpc) is 2.51. The number of urea groups is 1. The zero-order chi connectivity index (χ0) is 16.7. The van der Waals surface area contributed by atoms with E-state index in [1.54, 1.807) is 11.9 Å². The van der Waals surface area contributed by atoms with E-state index in [9.17, 15) is 14.4 Å². The number of nitrogens with one attached hydrogen (secondary N) is 1. The molecule has 0 aromatic rings. The highest BCUT2D eigenvalue weighted by Gasteiger charge is 2.23. The van der Waals surface area contributed by atoms with Gasteiger partial charge in [-0.2, -0.15) is 0 Å². The van der Waals surface area contributed by atoms with Crippen molar-refractivity contribution in [3.63, 3.8) is 0 Å². The molecule has 7 nitrogen and oxygen atoms in total. The van der Waals surface area contributed by atoms with Crippen molar-refractivity contribution in [1.29, 1.82) is 0 Å². The van der Waals surface area contributed by atoms with E-state index < -0.39 is 17.9 Å². The molecule has 1 unspecified atom stereocenters. The zero-order valence-corrected chi connectivity index (χ0v) is 13.7. The van der Waals surface area contributed by atoms with Gasteiger partial charge in [-0.05, 0) is 12.8 Å². The first kappa shape index (κ1) is 18.3. The van der Waals surface area contributed by atoms with Crippen molar-refractivity contribution in [1.82, 2.24) is 15.1 Å². The second-order valence-corrected chi connectivity index (χ2v) is 6.07. The van der Waals surface area contributed by atoms with E-state index >= 15 is 0 Å². The monoisotopic (exact) mass is 313 g/mol. The Morgan fingerprint density at radius 3 is 2.32 bits per heavy atom. The maximum Gasteiger partial charge on any atom is 0.317 e. The summed E-state index contributed by atoms with van der Waals surface area (Å²) in [5, 5.41) is 11.4. The summed E-state index contributed by atoms with van der Waals surface area (Å²) in [6.07, 6.45) is 5.55. The lowest BCUT2D eigenvalue weighted by Gasteiger charge is -2.31. The van der Waals surface area contributed by atoms with Crippen molar-refractivity contribution < 1.29 is 19.5 Å². The number of likely N-dealkylation sites (N-methyl/N-ethyl adjacent to an activating group) is 1. The molecule has 3 amide bonds. The number of hydrogen-bond donors (Lipinski definition) is 2. The molecule has 1 aliphatic rings. The minimum Gasteiger partial charge on any atom is -0.481 e. The van der Waals surface area contributed by atoms with E-state index in [0.29, 0.717) is 0 Å². The fraction of sp³-hybridized carbons (Fsp3) is 0.800. The molecule has 1 rings (SSSR count). The maximum absolute atomic E-state index is 12.1. The van der Waals surface area contributed by atoms with Crippen molar-refractivity contribution >= 4 is 17.9 Å². The van der Waals surface area contributed by atoms with Crippen molar-refractivity contribution in [2.45, 2.75) is 45.1 Å². The molecule has 2 N–H and O–H groups in total. The maximum atomic E-state index is 12.1. The van der Waals surface area contributed by atoms with E-state index in [1.165, 1.54) is 25.3 Å². The minimum absolute atomic E-state index is 0.0579. The third kappa shape index (κ3) is 5.54. The zero-order valence-electron chi connectivity index (χ0n) is 13.7. The summed E-state index contributed by atoms with van der Waals surface area (Å²) in [5.74, 6) is -1.70. The van der Waals surface area contributed by atoms with E-state index in [1.807, 2.05) is 0 Å². The molecule has 1 aliphatic carbocycles. The number of carboxylic acids is 1. The van der Waals surface area contributed by atoms with E-state index in [-0.39, 0.29) is 25.0 Å². The molecule has 0 spiro atoms. The predicted molar refractivity (Wildman–Crippen MR) is 82.5 cm³/mol. The Labute approximate surface area is 131 Å². The second kappa shape index (κ2) is 8.60. The van der Waals surface area contributed by atoms with Gasteiger partial charge < -0.3 is 20.2 Å². The number of amides is 3. The molecule has 0 aliphatic heterocycles. The van der Waals surface area contributed by atoms with Crippen LogP contribution in [0.5, 0.6) is 0 Å². The van der Waals surface area contributed by atoms with Crippen LogP contribution in [0.2, 0.25) is 0 Å². The Morgan fingerprint density at radius 2 is 1.77 bits per heavy atom. The Kier molecular flexibility index (Phi) is 7.14. The van der Waals surface area contributed by atoms with Crippen molar-refractivity contribution in [3.05, 3.63) is 0 Å². The fourth-order valence-electron chi connectivity index (χ4n) is 2.65. The number of nitrogens with zero attached hydrogens (tertiary/aromatic N) is 2. The van der Waals surface area contributed by atoms with E-state index in [0.717, 1.165) is 25.7 Å². The molecule has 0 aromatic heterocycles. The number of carboxylic acid groups (broad SMARTS) is 1. The first-order valence-corrected chi connectivity index (χ1v) is 7.80. The highest BCUT2D eigenvalue weighted by molar-refractivity contribution is 5.84. The highest BCUT2D eigenvalue weighted by Crippen LogP contribution is 2.21. The summed E-state index contributed by atoms with van der Waals surface area (Å²) in [7, 11) is 3.30. The minimum atomic E-state index is -0.951. The van der Waals surface area contributed by atoms with Crippen molar-refractivity contribution in [3.8, 4) is 0 Å². The number of rotatable bonds is 6. The van der Waals surface area contributed by atoms with Crippen LogP contribution >= 0.6 is 0 Å². The first-order valence-electron chi connectivity index (χ1n) is 7.80. The standard InChI is InChI=1S/C15H27N3O4/c1-11(14(20)21)10-17(2)15(22)16-9-13(19)18(3)12-7-5-4-6-8-12/h11-12H,4-10H2,1-3H3,(H,16,22)(H,20,21). The molecule has 0 aromatic carbocycles. The van der Waals surface area contributed by atoms with Gasteiger partial charge in [-0.3, -0.25) is 9.59 Å². The van der Waals surface area contributed by atoms with Crippen LogP contribution in [-0.4, -0.2) is 66.0 Å². The summed E-state index contributed by atoms with van der Waals surface area (Å²) in [5.41, 5.74) is 0. The number of carbonyl (C=O) groups is 3. The van der Waals surface area contributed by atoms with Gasteiger partial charge in [0, 0.05) is 26.7 Å². The third-order valence-corrected chi connectivity index (χ3v) is 4.22. The van der Waals surface area contributed by atoms with Gasteiger partial charge in [0.2, 0.25) is 5.91 Å². The lowest BCUT2D eigenvalue weighted by Crippen LogP contribution is -2.47. The van der Waals surface area contributed by atoms with Gasteiger partial charge >= 0.3 is 12.0 Å². The summed E-state index contributed by atoms with van der Waals surface area (Å²) in [6, 6.07) is -0.165. The molecule has 0 saturated heterocycles. The topological polar surface area (TPSA) is 90.0 Å². The third-order valence-electron chi connectivity index (χ3n) is 4.22. The Hall–Kier alpha value is -1.79. The quantitative estimate of drug-likeness (QED) is 0.769. The number of aliphatic carboxylic acids is 1. The van der Waals surface area contributed by atoms with Gasteiger partial charge in [0.05, 0.1) is 12.5 Å².